The molecule has 0 saturated heterocycles. The minimum absolute atomic E-state index is 0.0704. The van der Waals surface area contributed by atoms with Gasteiger partial charge in [-0.1, -0.05) is 60.7 Å². The van der Waals surface area contributed by atoms with Crippen molar-refractivity contribution in [1.82, 2.24) is 9.47 Å². The van der Waals surface area contributed by atoms with E-state index >= 15 is 0 Å². The van der Waals surface area contributed by atoms with Gasteiger partial charge >= 0.3 is 5.97 Å². The summed E-state index contributed by atoms with van der Waals surface area (Å²) in [5.74, 6) is -0.158. The third kappa shape index (κ3) is 6.98. The van der Waals surface area contributed by atoms with Crippen LogP contribution in [0.2, 0.25) is 0 Å². The highest BCUT2D eigenvalue weighted by molar-refractivity contribution is 5.83. The van der Waals surface area contributed by atoms with Crippen LogP contribution in [0.4, 0.5) is 0 Å². The van der Waals surface area contributed by atoms with Crippen molar-refractivity contribution in [3.63, 3.8) is 0 Å². The number of amides is 1. The van der Waals surface area contributed by atoms with Gasteiger partial charge < -0.3 is 14.2 Å². The van der Waals surface area contributed by atoms with E-state index in [1.54, 1.807) is 4.90 Å². The van der Waals surface area contributed by atoms with Gasteiger partial charge in [0.15, 0.2) is 0 Å². The maximum absolute atomic E-state index is 12.6. The monoisotopic (exact) mass is 430 g/mol. The van der Waals surface area contributed by atoms with Crippen LogP contribution in [0.1, 0.15) is 29.5 Å². The molecule has 0 aliphatic heterocycles. The summed E-state index contributed by atoms with van der Waals surface area (Å²) in [5.41, 5.74) is 4.34. The Morgan fingerprint density at radius 2 is 1.66 bits per heavy atom. The molecule has 5 nitrogen and oxygen atoms in total. The number of rotatable bonds is 10. The zero-order chi connectivity index (χ0) is 22.8. The first-order valence-corrected chi connectivity index (χ1v) is 10.8. The second-order valence-electron chi connectivity index (χ2n) is 7.78. The van der Waals surface area contributed by atoms with E-state index in [0.717, 1.165) is 23.1 Å². The van der Waals surface area contributed by atoms with Gasteiger partial charge in [-0.3, -0.25) is 9.59 Å². The topological polar surface area (TPSA) is 51.5 Å². The molecular weight excluding hydrogens is 400 g/mol. The highest BCUT2D eigenvalue weighted by Crippen LogP contribution is 2.23. The Morgan fingerprint density at radius 1 is 0.969 bits per heavy atom. The van der Waals surface area contributed by atoms with Crippen molar-refractivity contribution in [1.29, 1.82) is 0 Å². The molecule has 2 aromatic carbocycles. The summed E-state index contributed by atoms with van der Waals surface area (Å²) in [6, 6.07) is 22.2. The van der Waals surface area contributed by atoms with E-state index < -0.39 is 0 Å². The number of hydrogen-bond donors (Lipinski definition) is 0. The first-order chi connectivity index (χ1) is 15.5. The molecule has 0 radical (unpaired) electrons. The van der Waals surface area contributed by atoms with E-state index in [1.807, 2.05) is 78.6 Å². The minimum Gasteiger partial charge on any atom is -0.469 e. The van der Waals surface area contributed by atoms with Gasteiger partial charge in [-0.05, 0) is 47.2 Å². The molecule has 0 N–H and O–H groups in total. The van der Waals surface area contributed by atoms with Crippen molar-refractivity contribution >= 4 is 23.5 Å². The number of methoxy groups -OCH3 is 1. The van der Waals surface area contributed by atoms with E-state index in [0.29, 0.717) is 25.9 Å². The lowest BCUT2D eigenvalue weighted by atomic mass is 9.99. The van der Waals surface area contributed by atoms with Gasteiger partial charge in [-0.25, -0.2) is 0 Å². The van der Waals surface area contributed by atoms with Gasteiger partial charge in [0.25, 0.3) is 0 Å². The van der Waals surface area contributed by atoms with Gasteiger partial charge in [-0.15, -0.1) is 0 Å². The second kappa shape index (κ2) is 11.7. The first kappa shape index (κ1) is 23.1. The van der Waals surface area contributed by atoms with Crippen LogP contribution in [0.5, 0.6) is 0 Å². The van der Waals surface area contributed by atoms with Crippen LogP contribution >= 0.6 is 0 Å². The molecule has 1 heterocycles. The predicted molar refractivity (Wildman–Crippen MR) is 128 cm³/mol. The average Bonchev–Trinajstić information content (AvgIpc) is 3.27. The zero-order valence-corrected chi connectivity index (χ0v) is 18.7. The summed E-state index contributed by atoms with van der Waals surface area (Å²) >= 11 is 0. The minimum atomic E-state index is -0.228. The maximum Gasteiger partial charge on any atom is 0.305 e. The van der Waals surface area contributed by atoms with Crippen LogP contribution in [-0.4, -0.2) is 42.0 Å². The lowest BCUT2D eigenvalue weighted by Crippen LogP contribution is -2.31. The van der Waals surface area contributed by atoms with Crippen LogP contribution in [0.15, 0.2) is 79.1 Å². The molecule has 0 aliphatic rings. The number of aromatic nitrogens is 1. The van der Waals surface area contributed by atoms with E-state index in [4.69, 9.17) is 4.74 Å². The van der Waals surface area contributed by atoms with Gasteiger partial charge in [0.1, 0.15) is 6.54 Å². The van der Waals surface area contributed by atoms with E-state index in [2.05, 4.69) is 18.2 Å². The Hall–Kier alpha value is -3.60. The molecule has 3 aromatic rings. The van der Waals surface area contributed by atoms with Crippen LogP contribution in [-0.2, 0) is 27.3 Å². The Labute approximate surface area is 189 Å². The number of benzene rings is 2. The number of carbonyl (C=O) groups excluding carboxylic acids is 2. The Morgan fingerprint density at radius 3 is 2.34 bits per heavy atom. The molecule has 1 amide bonds. The van der Waals surface area contributed by atoms with Gasteiger partial charge in [0.05, 0.1) is 7.11 Å². The molecule has 0 spiro atoms. The highest BCUT2D eigenvalue weighted by atomic mass is 16.5. The van der Waals surface area contributed by atoms with Crippen LogP contribution in [0.3, 0.4) is 0 Å². The number of likely N-dealkylation sites (N-methyl/N-ethyl adjacent to an activating group) is 1. The number of ether oxygens (including phenoxy) is 1. The third-order valence-corrected chi connectivity index (χ3v) is 5.41. The fourth-order valence-corrected chi connectivity index (χ4v) is 3.48. The highest BCUT2D eigenvalue weighted by Gasteiger charge is 2.11. The molecule has 0 saturated carbocycles. The molecule has 0 unspecified atom stereocenters. The Kier molecular flexibility index (Phi) is 8.44. The quantitative estimate of drug-likeness (QED) is 0.439. The van der Waals surface area contributed by atoms with Crippen molar-refractivity contribution in [3.8, 4) is 0 Å². The van der Waals surface area contributed by atoms with Crippen molar-refractivity contribution in [2.45, 2.75) is 25.8 Å². The SMILES string of the molecule is COC(=O)CCC(=Cc1ccn(CC(=O)N(C)CCc2ccccc2)c1)c1ccccc1. The molecule has 0 aliphatic carbocycles. The van der Waals surface area contributed by atoms with Crippen molar-refractivity contribution in [2.24, 2.45) is 0 Å². The number of hydrogen-bond acceptors (Lipinski definition) is 3. The van der Waals surface area contributed by atoms with Crippen LogP contribution < -0.4 is 0 Å². The van der Waals surface area contributed by atoms with E-state index in [1.165, 1.54) is 12.7 Å². The molecule has 1 aromatic heterocycles. The molecule has 32 heavy (non-hydrogen) atoms. The van der Waals surface area contributed by atoms with E-state index in [9.17, 15) is 9.59 Å². The lowest BCUT2D eigenvalue weighted by molar-refractivity contribution is -0.140. The Balaban J connectivity index is 1.63. The van der Waals surface area contributed by atoms with Crippen molar-refractivity contribution in [3.05, 3.63) is 95.8 Å². The summed E-state index contributed by atoms with van der Waals surface area (Å²) in [5, 5.41) is 0. The molecule has 0 atom stereocenters. The van der Waals surface area contributed by atoms with Crippen LogP contribution in [0.25, 0.3) is 11.6 Å². The molecule has 5 heteroatoms. The summed E-state index contributed by atoms with van der Waals surface area (Å²) in [6.45, 7) is 0.977. The van der Waals surface area contributed by atoms with Gasteiger partial charge in [0.2, 0.25) is 5.91 Å². The van der Waals surface area contributed by atoms with Gasteiger partial charge in [0, 0.05) is 32.4 Å². The average molecular weight is 431 g/mol. The van der Waals surface area contributed by atoms with Crippen molar-refractivity contribution in [2.75, 3.05) is 20.7 Å². The van der Waals surface area contributed by atoms with Crippen molar-refractivity contribution < 1.29 is 14.3 Å². The standard InChI is InChI=1S/C27H30N2O3/c1-28(17-15-22-9-5-3-6-10-22)26(30)21-29-18-16-23(20-29)19-25(13-14-27(31)32-2)24-11-7-4-8-12-24/h3-12,16,18-20H,13-15,17,21H2,1-2H3. The normalized spacial score (nSPS) is 11.2. The number of allylic oxidation sites excluding steroid dienone is 1. The first-order valence-electron chi connectivity index (χ1n) is 10.8. The maximum atomic E-state index is 12.6. The number of esters is 1. The second-order valence-corrected chi connectivity index (χ2v) is 7.78. The smallest absolute Gasteiger partial charge is 0.305 e. The summed E-state index contributed by atoms with van der Waals surface area (Å²) < 4.78 is 6.69. The lowest BCUT2D eigenvalue weighted by Gasteiger charge is -2.17. The van der Waals surface area contributed by atoms with E-state index in [-0.39, 0.29) is 11.9 Å². The number of carbonyl (C=O) groups is 2. The van der Waals surface area contributed by atoms with Crippen LogP contribution in [0, 0.1) is 0 Å². The predicted octanol–water partition coefficient (Wildman–Crippen LogP) is 4.68. The molecule has 3 rings (SSSR count). The zero-order valence-electron chi connectivity index (χ0n) is 18.7. The Bertz CT molecular complexity index is 1040. The van der Waals surface area contributed by atoms with Gasteiger partial charge in [-0.2, -0.15) is 0 Å². The largest absolute Gasteiger partial charge is 0.469 e. The summed E-state index contributed by atoms with van der Waals surface area (Å²) in [7, 11) is 3.25. The number of nitrogens with zero attached hydrogens (tertiary/aromatic N) is 2. The molecule has 166 valence electrons. The third-order valence-electron chi connectivity index (χ3n) is 5.41. The molecule has 0 bridgehead atoms. The fourth-order valence-electron chi connectivity index (χ4n) is 3.48. The fraction of sp³-hybridized carbons (Fsp3) is 0.259. The summed E-state index contributed by atoms with van der Waals surface area (Å²) in [4.78, 5) is 26.0. The summed E-state index contributed by atoms with van der Waals surface area (Å²) in [6.07, 6.45) is 7.69. The molecular formula is C27H30N2O3. The molecule has 0 fully saturated rings.